The molecule has 0 aliphatic rings. The highest BCUT2D eigenvalue weighted by atomic mass is 16.5. The van der Waals surface area contributed by atoms with Gasteiger partial charge in [-0.3, -0.25) is 9.59 Å². The molecule has 0 aromatic heterocycles. The zero-order chi connectivity index (χ0) is 24.2. The Bertz CT molecular complexity index is 1150. The van der Waals surface area contributed by atoms with E-state index in [1.165, 1.54) is 6.08 Å². The minimum absolute atomic E-state index is 0.00856. The quantitative estimate of drug-likeness (QED) is 0.355. The van der Waals surface area contributed by atoms with Crippen LogP contribution in [-0.2, 0) is 16.0 Å². The first-order valence-electron chi connectivity index (χ1n) is 11.1. The fraction of sp³-hybridized carbons (Fsp3) is 0.179. The molecule has 2 amide bonds. The molecule has 0 fully saturated rings. The smallest absolute Gasteiger partial charge is 0.262 e. The Morgan fingerprint density at radius 3 is 2.26 bits per heavy atom. The highest BCUT2D eigenvalue weighted by Gasteiger charge is 2.13. The van der Waals surface area contributed by atoms with Crippen LogP contribution in [0.15, 0.2) is 90.5 Å². The molecule has 0 spiro atoms. The van der Waals surface area contributed by atoms with E-state index < -0.39 is 5.91 Å². The summed E-state index contributed by atoms with van der Waals surface area (Å²) in [5.74, 6) is -0.113. The van der Waals surface area contributed by atoms with Crippen LogP contribution in [-0.4, -0.2) is 25.0 Å². The van der Waals surface area contributed by atoms with Gasteiger partial charge in [-0.1, -0.05) is 72.8 Å². The maximum absolute atomic E-state index is 12.5. The van der Waals surface area contributed by atoms with Crippen LogP contribution in [0.1, 0.15) is 29.7 Å². The third kappa shape index (κ3) is 7.64. The number of nitrogens with zero attached hydrogens (tertiary/aromatic N) is 1. The lowest BCUT2D eigenvalue weighted by Gasteiger charge is -2.13. The van der Waals surface area contributed by atoms with Crippen molar-refractivity contribution in [3.05, 3.63) is 107 Å². The van der Waals surface area contributed by atoms with E-state index >= 15 is 0 Å². The van der Waals surface area contributed by atoms with Crippen LogP contribution >= 0.6 is 0 Å². The molecule has 0 heterocycles. The van der Waals surface area contributed by atoms with E-state index in [2.05, 4.69) is 10.6 Å². The summed E-state index contributed by atoms with van der Waals surface area (Å²) in [6.45, 7) is 2.32. The van der Waals surface area contributed by atoms with Crippen LogP contribution in [0.2, 0.25) is 0 Å². The minimum Gasteiger partial charge on any atom is -0.484 e. The molecule has 0 saturated carbocycles. The second-order valence-electron chi connectivity index (χ2n) is 7.72. The van der Waals surface area contributed by atoms with Crippen LogP contribution in [0.5, 0.6) is 5.75 Å². The zero-order valence-corrected chi connectivity index (χ0v) is 19.0. The average Bonchev–Trinajstić information content (AvgIpc) is 2.87. The molecular weight excluding hydrogens is 426 g/mol. The van der Waals surface area contributed by atoms with Gasteiger partial charge in [0, 0.05) is 6.54 Å². The number of benzene rings is 3. The third-order valence-corrected chi connectivity index (χ3v) is 5.15. The first-order valence-corrected chi connectivity index (χ1v) is 11.1. The van der Waals surface area contributed by atoms with Crippen molar-refractivity contribution in [3.8, 4) is 11.8 Å². The number of amides is 2. The van der Waals surface area contributed by atoms with Gasteiger partial charge in [-0.05, 0) is 48.2 Å². The van der Waals surface area contributed by atoms with Crippen molar-refractivity contribution in [1.29, 1.82) is 5.26 Å². The monoisotopic (exact) mass is 453 g/mol. The second-order valence-corrected chi connectivity index (χ2v) is 7.72. The van der Waals surface area contributed by atoms with Gasteiger partial charge in [0.1, 0.15) is 17.4 Å². The van der Waals surface area contributed by atoms with Gasteiger partial charge in [-0.25, -0.2) is 0 Å². The van der Waals surface area contributed by atoms with E-state index in [4.69, 9.17) is 4.74 Å². The molecule has 172 valence electrons. The first-order chi connectivity index (χ1) is 16.5. The molecule has 0 aliphatic heterocycles. The van der Waals surface area contributed by atoms with Crippen molar-refractivity contribution in [2.24, 2.45) is 0 Å². The van der Waals surface area contributed by atoms with Gasteiger partial charge in [0.2, 0.25) is 0 Å². The lowest BCUT2D eigenvalue weighted by molar-refractivity contribution is -0.123. The highest BCUT2D eigenvalue weighted by molar-refractivity contribution is 6.01. The van der Waals surface area contributed by atoms with Crippen molar-refractivity contribution >= 4 is 17.9 Å². The Morgan fingerprint density at radius 2 is 1.62 bits per heavy atom. The van der Waals surface area contributed by atoms with Gasteiger partial charge >= 0.3 is 0 Å². The van der Waals surface area contributed by atoms with Gasteiger partial charge in [-0.15, -0.1) is 0 Å². The van der Waals surface area contributed by atoms with Gasteiger partial charge in [0.25, 0.3) is 11.8 Å². The number of rotatable bonds is 10. The lowest BCUT2D eigenvalue weighted by Crippen LogP contribution is -2.30. The Balaban J connectivity index is 1.48. The molecule has 0 bridgehead atoms. The number of hydrogen-bond acceptors (Lipinski definition) is 4. The van der Waals surface area contributed by atoms with Crippen LogP contribution in [0.25, 0.3) is 6.08 Å². The molecule has 3 rings (SSSR count). The Labute approximate surface area is 199 Å². The van der Waals surface area contributed by atoms with Crippen LogP contribution < -0.4 is 15.4 Å². The van der Waals surface area contributed by atoms with Crippen molar-refractivity contribution in [2.45, 2.75) is 19.4 Å². The summed E-state index contributed by atoms with van der Waals surface area (Å²) in [6, 6.07) is 28.1. The van der Waals surface area contributed by atoms with E-state index in [1.54, 1.807) is 24.3 Å². The van der Waals surface area contributed by atoms with Crippen molar-refractivity contribution in [3.63, 3.8) is 0 Å². The summed E-state index contributed by atoms with van der Waals surface area (Å²) in [5.41, 5.74) is 2.80. The van der Waals surface area contributed by atoms with E-state index in [0.717, 1.165) is 17.5 Å². The molecular formula is C28H27N3O3. The predicted octanol–water partition coefficient (Wildman–Crippen LogP) is 4.21. The number of carbonyl (C=O) groups excluding carboxylic acids is 2. The Hall–Kier alpha value is -4.37. The topological polar surface area (TPSA) is 91.2 Å². The molecule has 3 aromatic carbocycles. The minimum atomic E-state index is -0.439. The van der Waals surface area contributed by atoms with Crippen molar-refractivity contribution in [2.75, 3.05) is 13.2 Å². The number of ether oxygens (including phenoxy) is 1. The summed E-state index contributed by atoms with van der Waals surface area (Å²) in [6.07, 6.45) is 2.28. The molecule has 6 heteroatoms. The number of nitrogens with one attached hydrogen (secondary N) is 2. The van der Waals surface area contributed by atoms with Gasteiger partial charge in [0.05, 0.1) is 6.04 Å². The standard InChI is InChI=1S/C28H27N3O3/c1-21(24-10-6-3-7-11-24)31-28(33)25(19-29)18-23-12-14-26(15-13-23)34-20-27(32)30-17-16-22-8-4-2-5-9-22/h2-15,18,21H,16-17,20H2,1H3,(H,30,32)(H,31,33)/b25-18+/t21-/m1/s1. The van der Waals surface area contributed by atoms with Gasteiger partial charge < -0.3 is 15.4 Å². The summed E-state index contributed by atoms with van der Waals surface area (Å²) in [5, 5.41) is 15.1. The maximum atomic E-state index is 12.5. The van der Waals surface area contributed by atoms with E-state index in [0.29, 0.717) is 17.9 Å². The summed E-state index contributed by atoms with van der Waals surface area (Å²) in [4.78, 5) is 24.5. The van der Waals surface area contributed by atoms with Crippen molar-refractivity contribution < 1.29 is 14.3 Å². The third-order valence-electron chi connectivity index (χ3n) is 5.15. The van der Waals surface area contributed by atoms with Crippen LogP contribution in [0.3, 0.4) is 0 Å². The fourth-order valence-corrected chi connectivity index (χ4v) is 3.27. The molecule has 2 N–H and O–H groups in total. The van der Waals surface area contributed by atoms with Gasteiger partial charge in [0.15, 0.2) is 6.61 Å². The average molecular weight is 454 g/mol. The first kappa shape index (κ1) is 24.3. The van der Waals surface area contributed by atoms with Crippen molar-refractivity contribution in [1.82, 2.24) is 10.6 Å². The molecule has 1 atom stereocenters. The molecule has 0 radical (unpaired) electrons. The Kier molecular flexibility index (Phi) is 9.00. The SMILES string of the molecule is C[C@@H](NC(=O)/C(C#N)=C/c1ccc(OCC(=O)NCCc2ccccc2)cc1)c1ccccc1. The highest BCUT2D eigenvalue weighted by Crippen LogP contribution is 2.16. The molecule has 0 unspecified atom stereocenters. The van der Waals surface area contributed by atoms with E-state index in [-0.39, 0.29) is 24.1 Å². The van der Waals surface area contributed by atoms with Crippen LogP contribution in [0, 0.1) is 11.3 Å². The number of carbonyl (C=O) groups is 2. The fourth-order valence-electron chi connectivity index (χ4n) is 3.27. The summed E-state index contributed by atoms with van der Waals surface area (Å²) < 4.78 is 5.53. The summed E-state index contributed by atoms with van der Waals surface area (Å²) in [7, 11) is 0. The molecule has 0 saturated heterocycles. The largest absolute Gasteiger partial charge is 0.484 e. The summed E-state index contributed by atoms with van der Waals surface area (Å²) >= 11 is 0. The molecule has 3 aromatic rings. The molecule has 6 nitrogen and oxygen atoms in total. The predicted molar refractivity (Wildman–Crippen MR) is 132 cm³/mol. The van der Waals surface area contributed by atoms with E-state index in [1.807, 2.05) is 73.7 Å². The normalized spacial score (nSPS) is 11.7. The number of nitriles is 1. The molecule has 34 heavy (non-hydrogen) atoms. The Morgan fingerprint density at radius 1 is 0.971 bits per heavy atom. The van der Waals surface area contributed by atoms with E-state index in [9.17, 15) is 14.9 Å². The maximum Gasteiger partial charge on any atom is 0.262 e. The van der Waals surface area contributed by atoms with Gasteiger partial charge in [-0.2, -0.15) is 5.26 Å². The number of hydrogen-bond donors (Lipinski definition) is 2. The lowest BCUT2D eigenvalue weighted by atomic mass is 10.1. The second kappa shape index (κ2) is 12.6. The molecule has 0 aliphatic carbocycles. The van der Waals surface area contributed by atoms with Crippen LogP contribution in [0.4, 0.5) is 0 Å². The zero-order valence-electron chi connectivity index (χ0n) is 19.0.